The van der Waals surface area contributed by atoms with Crippen molar-refractivity contribution in [2.24, 2.45) is 0 Å². The zero-order valence-corrected chi connectivity index (χ0v) is 12.0. The van der Waals surface area contributed by atoms with Gasteiger partial charge >= 0.3 is 0 Å². The summed E-state index contributed by atoms with van der Waals surface area (Å²) >= 11 is 4.61. The fourth-order valence-corrected chi connectivity index (χ4v) is 3.00. The molecule has 102 valence electrons. The lowest BCUT2D eigenvalue weighted by Crippen LogP contribution is -2.10. The minimum absolute atomic E-state index is 0.183. The molecular formula is C12H8BrF4NS. The van der Waals surface area contributed by atoms with Crippen LogP contribution in [0.1, 0.15) is 17.8 Å². The average Bonchev–Trinajstić information content (AvgIpc) is 2.79. The molecule has 1 nitrogen and oxygen atoms in total. The molecule has 1 heterocycles. The maximum atomic E-state index is 13.5. The number of benzene rings is 1. The van der Waals surface area contributed by atoms with Crippen LogP contribution in [0.4, 0.5) is 23.2 Å². The molecule has 7 heteroatoms. The van der Waals surface area contributed by atoms with E-state index >= 15 is 0 Å². The third-order valence-corrected chi connectivity index (χ3v) is 4.36. The van der Waals surface area contributed by atoms with E-state index in [1.165, 1.54) is 11.3 Å². The van der Waals surface area contributed by atoms with E-state index in [0.29, 0.717) is 0 Å². The van der Waals surface area contributed by atoms with Crippen LogP contribution in [-0.4, -0.2) is 0 Å². The van der Waals surface area contributed by atoms with E-state index in [4.69, 9.17) is 0 Å². The molecule has 1 atom stereocenters. The summed E-state index contributed by atoms with van der Waals surface area (Å²) in [6.45, 7) is 1.64. The Morgan fingerprint density at radius 2 is 1.68 bits per heavy atom. The first-order valence-electron chi connectivity index (χ1n) is 5.23. The van der Waals surface area contributed by atoms with Crippen molar-refractivity contribution in [2.45, 2.75) is 13.0 Å². The highest BCUT2D eigenvalue weighted by atomic mass is 79.9. The monoisotopic (exact) mass is 353 g/mol. The second kappa shape index (κ2) is 5.50. The van der Waals surface area contributed by atoms with Gasteiger partial charge in [0, 0.05) is 20.8 Å². The molecule has 19 heavy (non-hydrogen) atoms. The number of anilines is 1. The standard InChI is InChI=1S/C12H8BrF4NS/c1-5(9-2-6(13)4-19-9)18-12-10(16)7(14)3-8(15)11(12)17/h2-5,18H,1H3. The smallest absolute Gasteiger partial charge is 0.185 e. The summed E-state index contributed by atoms with van der Waals surface area (Å²) in [6, 6.07) is 1.46. The van der Waals surface area contributed by atoms with E-state index in [1.54, 1.807) is 18.4 Å². The van der Waals surface area contributed by atoms with Crippen molar-refractivity contribution in [2.75, 3.05) is 5.32 Å². The SMILES string of the molecule is CC(Nc1c(F)c(F)cc(F)c1F)c1cc(Br)cs1. The first-order chi connectivity index (χ1) is 8.90. The van der Waals surface area contributed by atoms with Gasteiger partial charge in [-0.1, -0.05) is 0 Å². The third-order valence-electron chi connectivity index (χ3n) is 2.49. The number of nitrogens with one attached hydrogen (secondary N) is 1. The maximum Gasteiger partial charge on any atom is 0.185 e. The fourth-order valence-electron chi connectivity index (χ4n) is 1.54. The number of rotatable bonds is 3. The van der Waals surface area contributed by atoms with Gasteiger partial charge in [0.25, 0.3) is 0 Å². The Kier molecular flexibility index (Phi) is 4.15. The van der Waals surface area contributed by atoms with Crippen molar-refractivity contribution in [1.29, 1.82) is 0 Å². The van der Waals surface area contributed by atoms with Crippen LogP contribution >= 0.6 is 27.3 Å². The molecule has 1 aromatic heterocycles. The van der Waals surface area contributed by atoms with E-state index in [-0.39, 0.29) is 6.07 Å². The summed E-state index contributed by atoms with van der Waals surface area (Å²) in [7, 11) is 0. The van der Waals surface area contributed by atoms with Crippen LogP contribution in [0.15, 0.2) is 22.0 Å². The van der Waals surface area contributed by atoms with Crippen molar-refractivity contribution in [3.63, 3.8) is 0 Å². The Hall–Kier alpha value is -1.08. The van der Waals surface area contributed by atoms with E-state index in [0.717, 1.165) is 9.35 Å². The van der Waals surface area contributed by atoms with Crippen molar-refractivity contribution in [3.8, 4) is 0 Å². The average molecular weight is 354 g/mol. The fraction of sp³-hybridized carbons (Fsp3) is 0.167. The molecule has 1 unspecified atom stereocenters. The molecule has 0 aliphatic rings. The third kappa shape index (κ3) is 2.92. The van der Waals surface area contributed by atoms with Crippen LogP contribution in [0, 0.1) is 23.3 Å². The second-order valence-corrected chi connectivity index (χ2v) is 5.73. The van der Waals surface area contributed by atoms with Crippen molar-refractivity contribution < 1.29 is 17.6 Å². The predicted octanol–water partition coefficient (Wildman–Crippen LogP) is 5.24. The van der Waals surface area contributed by atoms with Crippen molar-refractivity contribution >= 4 is 33.0 Å². The molecule has 0 saturated carbocycles. The summed E-state index contributed by atoms with van der Waals surface area (Å²) in [5.41, 5.74) is -0.797. The topological polar surface area (TPSA) is 12.0 Å². The number of thiophene rings is 1. The molecular weight excluding hydrogens is 346 g/mol. The molecule has 0 radical (unpaired) electrons. The summed E-state index contributed by atoms with van der Waals surface area (Å²) in [5, 5.41) is 4.25. The summed E-state index contributed by atoms with van der Waals surface area (Å²) in [6.07, 6.45) is 0. The lowest BCUT2D eigenvalue weighted by molar-refractivity contribution is 0.457. The minimum atomic E-state index is -1.43. The molecule has 0 aliphatic heterocycles. The Morgan fingerprint density at radius 1 is 1.11 bits per heavy atom. The van der Waals surface area contributed by atoms with Gasteiger partial charge in [0.1, 0.15) is 5.69 Å². The predicted molar refractivity (Wildman–Crippen MR) is 70.3 cm³/mol. The quantitative estimate of drug-likeness (QED) is 0.587. The summed E-state index contributed by atoms with van der Waals surface area (Å²) < 4.78 is 53.9. The van der Waals surface area contributed by atoms with Gasteiger partial charge < -0.3 is 5.32 Å². The summed E-state index contributed by atoms with van der Waals surface area (Å²) in [5.74, 6) is -5.72. The molecule has 1 aromatic carbocycles. The molecule has 0 bridgehead atoms. The minimum Gasteiger partial charge on any atom is -0.373 e. The highest BCUT2D eigenvalue weighted by molar-refractivity contribution is 9.10. The second-order valence-electron chi connectivity index (χ2n) is 3.88. The largest absolute Gasteiger partial charge is 0.373 e. The van der Waals surface area contributed by atoms with Crippen LogP contribution in [0.2, 0.25) is 0 Å². The van der Waals surface area contributed by atoms with Gasteiger partial charge in [0.15, 0.2) is 23.3 Å². The van der Waals surface area contributed by atoms with Crippen LogP contribution < -0.4 is 5.32 Å². The molecule has 2 rings (SSSR count). The van der Waals surface area contributed by atoms with Crippen molar-refractivity contribution in [3.05, 3.63) is 50.1 Å². The van der Waals surface area contributed by atoms with Crippen molar-refractivity contribution in [1.82, 2.24) is 0 Å². The van der Waals surface area contributed by atoms with Crippen LogP contribution in [0.5, 0.6) is 0 Å². The first-order valence-corrected chi connectivity index (χ1v) is 6.91. The maximum absolute atomic E-state index is 13.5. The summed E-state index contributed by atoms with van der Waals surface area (Å²) in [4.78, 5) is 0.773. The number of hydrogen-bond acceptors (Lipinski definition) is 2. The van der Waals surface area contributed by atoms with E-state index in [9.17, 15) is 17.6 Å². The molecule has 0 fully saturated rings. The number of hydrogen-bond donors (Lipinski definition) is 1. The zero-order chi connectivity index (χ0) is 14.2. The Balaban J connectivity index is 2.33. The van der Waals surface area contributed by atoms with Crippen LogP contribution in [-0.2, 0) is 0 Å². The van der Waals surface area contributed by atoms with Gasteiger partial charge in [-0.15, -0.1) is 11.3 Å². The Labute approximate surface area is 119 Å². The Bertz CT molecular complexity index is 588. The van der Waals surface area contributed by atoms with Crippen LogP contribution in [0.3, 0.4) is 0 Å². The highest BCUT2D eigenvalue weighted by Crippen LogP contribution is 2.31. The van der Waals surface area contributed by atoms with Gasteiger partial charge in [-0.25, -0.2) is 17.6 Å². The molecule has 0 amide bonds. The van der Waals surface area contributed by atoms with E-state index in [2.05, 4.69) is 21.2 Å². The normalized spacial score (nSPS) is 12.5. The first kappa shape index (κ1) is 14.3. The molecule has 2 aromatic rings. The van der Waals surface area contributed by atoms with Gasteiger partial charge in [-0.3, -0.25) is 0 Å². The van der Waals surface area contributed by atoms with Gasteiger partial charge in [-0.05, 0) is 28.9 Å². The zero-order valence-electron chi connectivity index (χ0n) is 9.61. The molecule has 0 saturated heterocycles. The Morgan fingerprint density at radius 3 is 2.16 bits per heavy atom. The molecule has 0 spiro atoms. The molecule has 0 aliphatic carbocycles. The van der Waals surface area contributed by atoms with Gasteiger partial charge in [0.2, 0.25) is 0 Å². The van der Waals surface area contributed by atoms with Gasteiger partial charge in [0.05, 0.1) is 6.04 Å². The highest BCUT2D eigenvalue weighted by Gasteiger charge is 2.21. The van der Waals surface area contributed by atoms with Gasteiger partial charge in [-0.2, -0.15) is 0 Å². The van der Waals surface area contributed by atoms with E-state index < -0.39 is 35.0 Å². The lowest BCUT2D eigenvalue weighted by Gasteiger charge is -2.15. The van der Waals surface area contributed by atoms with Crippen LogP contribution in [0.25, 0.3) is 0 Å². The van der Waals surface area contributed by atoms with E-state index in [1.807, 2.05) is 0 Å². The number of halogens is 5. The molecule has 1 N–H and O–H groups in total. The lowest BCUT2D eigenvalue weighted by atomic mass is 10.2.